The van der Waals surface area contributed by atoms with Crippen LogP contribution < -0.4 is 10.1 Å². The zero-order valence-corrected chi connectivity index (χ0v) is 17.1. The Morgan fingerprint density at radius 3 is 2.46 bits per heavy atom. The number of oxazole rings is 1. The first-order valence-electron chi connectivity index (χ1n) is 9.68. The van der Waals surface area contributed by atoms with Gasteiger partial charge in [-0.25, -0.2) is 4.98 Å². The molecule has 1 N–H and O–H groups in total. The second kappa shape index (κ2) is 11.5. The van der Waals surface area contributed by atoms with Crippen LogP contribution >= 0.6 is 0 Å². The van der Waals surface area contributed by atoms with E-state index in [9.17, 15) is 4.79 Å². The molecule has 0 radical (unpaired) electrons. The summed E-state index contributed by atoms with van der Waals surface area (Å²) < 4.78 is 21.8. The number of carbonyl (C=O) groups is 1. The molecule has 2 aromatic rings. The topological polar surface area (TPSA) is 82.8 Å². The van der Waals surface area contributed by atoms with Gasteiger partial charge in [0.25, 0.3) is 0 Å². The number of benzene rings is 1. The van der Waals surface area contributed by atoms with Gasteiger partial charge in [0, 0.05) is 25.2 Å². The van der Waals surface area contributed by atoms with Crippen LogP contribution in [0.25, 0.3) is 11.5 Å². The molecule has 7 nitrogen and oxygen atoms in total. The second-order valence-corrected chi connectivity index (χ2v) is 6.25. The zero-order chi connectivity index (χ0) is 20.4. The minimum Gasteiger partial charge on any atom is -0.497 e. The van der Waals surface area contributed by atoms with Gasteiger partial charge in [-0.1, -0.05) is 0 Å². The van der Waals surface area contributed by atoms with E-state index in [-0.39, 0.29) is 5.91 Å². The first-order chi connectivity index (χ1) is 13.6. The maximum absolute atomic E-state index is 12.0. The minimum absolute atomic E-state index is 0.0269. The van der Waals surface area contributed by atoms with Crippen LogP contribution in [-0.4, -0.2) is 44.0 Å². The van der Waals surface area contributed by atoms with Crippen LogP contribution in [0.5, 0.6) is 5.75 Å². The summed E-state index contributed by atoms with van der Waals surface area (Å²) >= 11 is 0. The van der Waals surface area contributed by atoms with Crippen molar-refractivity contribution in [2.24, 2.45) is 0 Å². The van der Waals surface area contributed by atoms with E-state index >= 15 is 0 Å². The van der Waals surface area contributed by atoms with Crippen LogP contribution in [0.3, 0.4) is 0 Å². The molecule has 0 saturated carbocycles. The SMILES string of the molecule is CCOC(CNC(=O)CCCc1nc(-c2ccc(OC)cc2)oc1C)OCC. The summed E-state index contributed by atoms with van der Waals surface area (Å²) in [7, 11) is 1.63. The van der Waals surface area contributed by atoms with E-state index in [1.54, 1.807) is 7.11 Å². The summed E-state index contributed by atoms with van der Waals surface area (Å²) in [5.41, 5.74) is 1.77. The fraction of sp³-hybridized carbons (Fsp3) is 0.524. The molecule has 1 amide bonds. The number of aryl methyl sites for hydroxylation is 2. The lowest BCUT2D eigenvalue weighted by Crippen LogP contribution is -2.35. The third kappa shape index (κ3) is 6.65. The van der Waals surface area contributed by atoms with E-state index in [0.717, 1.165) is 22.8 Å². The Hall–Kier alpha value is -2.38. The Bertz CT molecular complexity index is 721. The van der Waals surface area contributed by atoms with Gasteiger partial charge in [-0.15, -0.1) is 0 Å². The predicted octanol–water partition coefficient (Wildman–Crippen LogP) is 3.50. The molecular weight excluding hydrogens is 360 g/mol. The Morgan fingerprint density at radius 2 is 1.86 bits per heavy atom. The summed E-state index contributed by atoms with van der Waals surface area (Å²) in [6.07, 6.45) is 1.38. The molecule has 0 saturated heterocycles. The van der Waals surface area contributed by atoms with Crippen LogP contribution in [0, 0.1) is 6.92 Å². The molecule has 0 fully saturated rings. The quantitative estimate of drug-likeness (QED) is 0.559. The van der Waals surface area contributed by atoms with Gasteiger partial charge in [-0.2, -0.15) is 0 Å². The molecule has 0 spiro atoms. The highest BCUT2D eigenvalue weighted by atomic mass is 16.7. The number of hydrogen-bond donors (Lipinski definition) is 1. The number of aromatic nitrogens is 1. The molecule has 0 unspecified atom stereocenters. The summed E-state index contributed by atoms with van der Waals surface area (Å²) in [5, 5.41) is 2.85. The number of carbonyl (C=O) groups excluding carboxylic acids is 1. The van der Waals surface area contributed by atoms with Crippen LogP contribution in [0.1, 0.15) is 38.1 Å². The number of ether oxygens (including phenoxy) is 3. The fourth-order valence-corrected chi connectivity index (χ4v) is 2.76. The van der Waals surface area contributed by atoms with Gasteiger partial charge in [0.1, 0.15) is 11.5 Å². The molecule has 28 heavy (non-hydrogen) atoms. The predicted molar refractivity (Wildman–Crippen MR) is 106 cm³/mol. The number of amides is 1. The van der Waals surface area contributed by atoms with Gasteiger partial charge in [0.15, 0.2) is 6.29 Å². The lowest BCUT2D eigenvalue weighted by Gasteiger charge is -2.17. The van der Waals surface area contributed by atoms with Gasteiger partial charge in [-0.05, 0) is 57.9 Å². The first kappa shape index (κ1) is 21.9. The molecule has 1 aromatic heterocycles. The van der Waals surface area contributed by atoms with E-state index in [1.165, 1.54) is 0 Å². The molecule has 2 rings (SSSR count). The Labute approximate surface area is 166 Å². The third-order valence-corrected chi connectivity index (χ3v) is 4.22. The van der Waals surface area contributed by atoms with Crippen molar-refractivity contribution >= 4 is 5.91 Å². The van der Waals surface area contributed by atoms with Gasteiger partial charge in [0.05, 0.1) is 19.3 Å². The van der Waals surface area contributed by atoms with E-state index in [4.69, 9.17) is 18.6 Å². The van der Waals surface area contributed by atoms with Crippen molar-refractivity contribution in [3.8, 4) is 17.2 Å². The van der Waals surface area contributed by atoms with Gasteiger partial charge < -0.3 is 23.9 Å². The zero-order valence-electron chi connectivity index (χ0n) is 17.1. The first-order valence-corrected chi connectivity index (χ1v) is 9.68. The molecule has 7 heteroatoms. The molecule has 0 aliphatic carbocycles. The van der Waals surface area contributed by atoms with Crippen LogP contribution in [0.15, 0.2) is 28.7 Å². The van der Waals surface area contributed by atoms with E-state index < -0.39 is 6.29 Å². The molecule has 154 valence electrons. The van der Waals surface area contributed by atoms with Crippen LogP contribution in [0.4, 0.5) is 0 Å². The third-order valence-electron chi connectivity index (χ3n) is 4.22. The number of nitrogens with one attached hydrogen (secondary N) is 1. The van der Waals surface area contributed by atoms with E-state index in [1.807, 2.05) is 45.0 Å². The number of nitrogens with zero attached hydrogens (tertiary/aromatic N) is 1. The molecule has 0 atom stereocenters. The largest absolute Gasteiger partial charge is 0.497 e. The molecule has 0 aliphatic rings. The van der Waals surface area contributed by atoms with Crippen LogP contribution in [0.2, 0.25) is 0 Å². The van der Waals surface area contributed by atoms with Crippen LogP contribution in [-0.2, 0) is 20.7 Å². The maximum Gasteiger partial charge on any atom is 0.226 e. The minimum atomic E-state index is -0.399. The van der Waals surface area contributed by atoms with Gasteiger partial charge in [0.2, 0.25) is 11.8 Å². The molecule has 1 aromatic carbocycles. The summed E-state index contributed by atoms with van der Waals surface area (Å²) in [4.78, 5) is 16.6. The Kier molecular flexibility index (Phi) is 8.97. The van der Waals surface area contributed by atoms with Gasteiger partial charge >= 0.3 is 0 Å². The lowest BCUT2D eigenvalue weighted by molar-refractivity contribution is -0.140. The Balaban J connectivity index is 1.81. The molecular formula is C21H30N2O5. The fourth-order valence-electron chi connectivity index (χ4n) is 2.76. The average Bonchev–Trinajstić information content (AvgIpc) is 3.07. The highest BCUT2D eigenvalue weighted by Gasteiger charge is 2.13. The van der Waals surface area contributed by atoms with Crippen molar-refractivity contribution in [2.45, 2.75) is 46.3 Å². The monoisotopic (exact) mass is 390 g/mol. The smallest absolute Gasteiger partial charge is 0.226 e. The van der Waals surface area contributed by atoms with Crippen molar-refractivity contribution in [1.82, 2.24) is 10.3 Å². The number of hydrogen-bond acceptors (Lipinski definition) is 6. The summed E-state index contributed by atoms with van der Waals surface area (Å²) in [6, 6.07) is 7.57. The molecule has 0 bridgehead atoms. The van der Waals surface area contributed by atoms with Crippen molar-refractivity contribution in [3.05, 3.63) is 35.7 Å². The second-order valence-electron chi connectivity index (χ2n) is 6.25. The summed E-state index contributed by atoms with van der Waals surface area (Å²) in [5.74, 6) is 2.12. The normalized spacial score (nSPS) is 11.0. The highest BCUT2D eigenvalue weighted by molar-refractivity contribution is 5.75. The van der Waals surface area contributed by atoms with Gasteiger partial charge in [-0.3, -0.25) is 4.79 Å². The van der Waals surface area contributed by atoms with E-state index in [0.29, 0.717) is 44.9 Å². The van der Waals surface area contributed by atoms with E-state index in [2.05, 4.69) is 10.3 Å². The number of rotatable bonds is 12. The maximum atomic E-state index is 12.0. The van der Waals surface area contributed by atoms with Crippen molar-refractivity contribution in [2.75, 3.05) is 26.9 Å². The van der Waals surface area contributed by atoms with Crippen molar-refractivity contribution in [1.29, 1.82) is 0 Å². The lowest BCUT2D eigenvalue weighted by atomic mass is 10.1. The highest BCUT2D eigenvalue weighted by Crippen LogP contribution is 2.24. The van der Waals surface area contributed by atoms with Crippen molar-refractivity contribution < 1.29 is 23.4 Å². The molecule has 0 aliphatic heterocycles. The standard InChI is InChI=1S/C21H30N2O5/c1-5-26-20(27-6-2)14-22-19(24)9-7-8-18-15(3)28-21(23-18)16-10-12-17(25-4)13-11-16/h10-13,20H,5-9,14H2,1-4H3,(H,22,24). The number of methoxy groups -OCH3 is 1. The Morgan fingerprint density at radius 1 is 1.18 bits per heavy atom. The average molecular weight is 390 g/mol. The molecule has 1 heterocycles. The summed E-state index contributed by atoms with van der Waals surface area (Å²) in [6.45, 7) is 7.13. The van der Waals surface area contributed by atoms with Crippen molar-refractivity contribution in [3.63, 3.8) is 0 Å².